The summed E-state index contributed by atoms with van der Waals surface area (Å²) in [6.07, 6.45) is 5.23. The van der Waals surface area contributed by atoms with E-state index in [1.807, 2.05) is 43.3 Å². The zero-order valence-electron chi connectivity index (χ0n) is 21.2. The maximum absolute atomic E-state index is 13.3. The number of Topliss-reactive ketones (excluding diaryl/α,β-unsaturated/α-hetero) is 1. The third-order valence-electron chi connectivity index (χ3n) is 6.67. The average molecular weight is 491 g/mol. The molecule has 6 heteroatoms. The van der Waals surface area contributed by atoms with Gasteiger partial charge in [-0.05, 0) is 88.1 Å². The van der Waals surface area contributed by atoms with E-state index in [4.69, 9.17) is 9.47 Å². The Morgan fingerprint density at radius 1 is 1.08 bits per heavy atom. The van der Waals surface area contributed by atoms with Crippen LogP contribution in [0.3, 0.4) is 0 Å². The summed E-state index contributed by atoms with van der Waals surface area (Å²) < 4.78 is 25.4. The minimum Gasteiger partial charge on any atom is -0.494 e. The van der Waals surface area contributed by atoms with E-state index in [0.717, 1.165) is 59.8 Å². The summed E-state index contributed by atoms with van der Waals surface area (Å²) in [5, 5.41) is 0. The number of hydrogen-bond donors (Lipinski definition) is 0. The third kappa shape index (κ3) is 7.37. The molecule has 0 radical (unpaired) electrons. The Morgan fingerprint density at radius 3 is 2.64 bits per heavy atom. The van der Waals surface area contributed by atoms with E-state index < -0.39 is 0 Å². The summed E-state index contributed by atoms with van der Waals surface area (Å²) in [6, 6.07) is 16.2. The Kier molecular flexibility index (Phi) is 9.06. The van der Waals surface area contributed by atoms with Crippen LogP contribution in [0, 0.1) is 11.7 Å². The molecule has 0 amide bonds. The number of hydrogen-bond acceptors (Lipinski definition) is 5. The van der Waals surface area contributed by atoms with Crippen molar-refractivity contribution in [3.63, 3.8) is 0 Å². The number of carbonyl (C=O) groups excluding carboxylic acids is 1. The molecule has 1 saturated heterocycles. The van der Waals surface area contributed by atoms with Crippen LogP contribution in [0.25, 0.3) is 11.1 Å². The number of halogens is 1. The van der Waals surface area contributed by atoms with Gasteiger partial charge in [-0.15, -0.1) is 0 Å². The number of carbonyl (C=O) groups is 1. The first-order valence-corrected chi connectivity index (χ1v) is 12.8. The van der Waals surface area contributed by atoms with Gasteiger partial charge in [0, 0.05) is 41.9 Å². The maximum atomic E-state index is 13.3. The summed E-state index contributed by atoms with van der Waals surface area (Å²) in [7, 11) is 2.16. The van der Waals surface area contributed by atoms with Crippen LogP contribution in [0.15, 0.2) is 60.8 Å². The van der Waals surface area contributed by atoms with Gasteiger partial charge in [-0.3, -0.25) is 9.78 Å². The van der Waals surface area contributed by atoms with Crippen molar-refractivity contribution in [2.45, 2.75) is 39.0 Å². The van der Waals surface area contributed by atoms with Crippen LogP contribution in [-0.4, -0.2) is 49.0 Å². The molecular formula is C30H35FN2O3. The molecule has 1 fully saturated rings. The number of nitrogens with zero attached hydrogens (tertiary/aromatic N) is 2. The van der Waals surface area contributed by atoms with Gasteiger partial charge in [0.15, 0.2) is 0 Å². The number of aryl methyl sites for hydroxylation is 1. The first-order chi connectivity index (χ1) is 17.5. The molecule has 190 valence electrons. The Labute approximate surface area is 213 Å². The van der Waals surface area contributed by atoms with Crippen LogP contribution in [0.2, 0.25) is 0 Å². The zero-order chi connectivity index (χ0) is 25.3. The number of benzene rings is 2. The Balaban J connectivity index is 1.40. The number of pyridine rings is 1. The quantitative estimate of drug-likeness (QED) is 0.343. The van der Waals surface area contributed by atoms with Gasteiger partial charge in [0.05, 0.1) is 13.2 Å². The molecule has 0 saturated carbocycles. The number of rotatable bonds is 11. The number of piperidine rings is 1. The van der Waals surface area contributed by atoms with Gasteiger partial charge in [-0.2, -0.15) is 0 Å². The van der Waals surface area contributed by atoms with Gasteiger partial charge < -0.3 is 14.4 Å². The fraction of sp³-hybridized carbons (Fsp3) is 0.400. The Hall–Kier alpha value is -3.25. The molecule has 1 aromatic heterocycles. The summed E-state index contributed by atoms with van der Waals surface area (Å²) in [4.78, 5) is 19.4. The lowest BCUT2D eigenvalue weighted by molar-refractivity contribution is -0.118. The molecule has 2 aromatic carbocycles. The van der Waals surface area contributed by atoms with Crippen LogP contribution in [0.4, 0.5) is 4.39 Å². The van der Waals surface area contributed by atoms with Crippen LogP contribution in [0.5, 0.6) is 11.5 Å². The standard InChI is InChI=1S/C30H35FN2O3/c1-3-35-28-11-12-29(30(19-28)36-21-23-13-15-33(2)16-14-23)24-8-9-26(32-20-24)18-27(34)10-7-22-5-4-6-25(31)17-22/h4-6,8-9,11-12,17,19-20,23H,3,7,10,13-16,18,21H2,1-2H3. The van der Waals surface area contributed by atoms with Gasteiger partial charge >= 0.3 is 0 Å². The highest BCUT2D eigenvalue weighted by atomic mass is 19.1. The van der Waals surface area contributed by atoms with Gasteiger partial charge in [0.1, 0.15) is 23.1 Å². The topological polar surface area (TPSA) is 51.7 Å². The lowest BCUT2D eigenvalue weighted by Crippen LogP contribution is -2.32. The van der Waals surface area contributed by atoms with E-state index in [1.54, 1.807) is 12.3 Å². The number of ketones is 1. The highest BCUT2D eigenvalue weighted by molar-refractivity contribution is 5.81. The minimum atomic E-state index is -0.277. The smallest absolute Gasteiger partial charge is 0.139 e. The molecule has 0 unspecified atom stereocenters. The van der Waals surface area contributed by atoms with E-state index in [-0.39, 0.29) is 18.0 Å². The van der Waals surface area contributed by atoms with Gasteiger partial charge in [-0.1, -0.05) is 18.2 Å². The second-order valence-corrected chi connectivity index (χ2v) is 9.53. The van der Waals surface area contributed by atoms with Crippen molar-refractivity contribution in [1.29, 1.82) is 0 Å². The second kappa shape index (κ2) is 12.6. The monoisotopic (exact) mass is 490 g/mol. The summed E-state index contributed by atoms with van der Waals surface area (Å²) in [5.41, 5.74) is 3.45. The first kappa shape index (κ1) is 25.8. The van der Waals surface area contributed by atoms with E-state index in [9.17, 15) is 9.18 Å². The van der Waals surface area contributed by atoms with Crippen molar-refractivity contribution < 1.29 is 18.7 Å². The molecule has 1 aliphatic heterocycles. The Bertz CT molecular complexity index is 1140. The predicted molar refractivity (Wildman–Crippen MR) is 140 cm³/mol. The van der Waals surface area contributed by atoms with Crippen molar-refractivity contribution in [3.05, 3.63) is 77.9 Å². The van der Waals surface area contributed by atoms with Crippen molar-refractivity contribution in [3.8, 4) is 22.6 Å². The van der Waals surface area contributed by atoms with E-state index in [0.29, 0.717) is 32.0 Å². The largest absolute Gasteiger partial charge is 0.494 e. The zero-order valence-corrected chi connectivity index (χ0v) is 21.2. The molecule has 3 aromatic rings. The fourth-order valence-electron chi connectivity index (χ4n) is 4.51. The minimum absolute atomic E-state index is 0.0859. The molecule has 0 spiro atoms. The number of likely N-dealkylation sites (tertiary alicyclic amines) is 1. The number of aromatic nitrogens is 1. The highest BCUT2D eigenvalue weighted by Crippen LogP contribution is 2.34. The lowest BCUT2D eigenvalue weighted by Gasteiger charge is -2.29. The van der Waals surface area contributed by atoms with E-state index >= 15 is 0 Å². The van der Waals surface area contributed by atoms with Gasteiger partial charge in [0.2, 0.25) is 0 Å². The van der Waals surface area contributed by atoms with Crippen molar-refractivity contribution in [2.24, 2.45) is 5.92 Å². The van der Waals surface area contributed by atoms with Crippen LogP contribution < -0.4 is 9.47 Å². The predicted octanol–water partition coefficient (Wildman–Crippen LogP) is 5.75. The molecule has 0 bridgehead atoms. The molecule has 5 nitrogen and oxygen atoms in total. The molecule has 2 heterocycles. The maximum Gasteiger partial charge on any atom is 0.139 e. The average Bonchev–Trinajstić information content (AvgIpc) is 2.88. The summed E-state index contributed by atoms with van der Waals surface area (Å²) >= 11 is 0. The van der Waals surface area contributed by atoms with Gasteiger partial charge in [-0.25, -0.2) is 4.39 Å². The van der Waals surface area contributed by atoms with Crippen molar-refractivity contribution >= 4 is 5.78 Å². The van der Waals surface area contributed by atoms with E-state index in [2.05, 4.69) is 16.9 Å². The van der Waals surface area contributed by atoms with Crippen LogP contribution >= 0.6 is 0 Å². The van der Waals surface area contributed by atoms with Crippen LogP contribution in [0.1, 0.15) is 37.4 Å². The SMILES string of the molecule is CCOc1ccc(-c2ccc(CC(=O)CCc3cccc(F)c3)nc2)c(OCC2CCN(C)CC2)c1. The molecule has 0 atom stereocenters. The fourth-order valence-corrected chi connectivity index (χ4v) is 4.51. The molecule has 0 N–H and O–H groups in total. The molecule has 1 aliphatic rings. The van der Waals surface area contributed by atoms with Crippen molar-refractivity contribution in [1.82, 2.24) is 9.88 Å². The van der Waals surface area contributed by atoms with Crippen molar-refractivity contribution in [2.75, 3.05) is 33.4 Å². The number of ether oxygens (including phenoxy) is 2. The summed E-state index contributed by atoms with van der Waals surface area (Å²) in [6.45, 7) is 5.45. The highest BCUT2D eigenvalue weighted by Gasteiger charge is 2.18. The normalized spacial score (nSPS) is 14.5. The van der Waals surface area contributed by atoms with Gasteiger partial charge in [0.25, 0.3) is 0 Å². The van der Waals surface area contributed by atoms with Crippen LogP contribution in [-0.2, 0) is 17.6 Å². The third-order valence-corrected chi connectivity index (χ3v) is 6.67. The van der Waals surface area contributed by atoms with E-state index in [1.165, 1.54) is 12.1 Å². The Morgan fingerprint density at radius 2 is 1.92 bits per heavy atom. The molecule has 4 rings (SSSR count). The molecular weight excluding hydrogens is 455 g/mol. The lowest BCUT2D eigenvalue weighted by atomic mass is 9.98. The molecule has 0 aliphatic carbocycles. The molecule has 36 heavy (non-hydrogen) atoms. The first-order valence-electron chi connectivity index (χ1n) is 12.8. The second-order valence-electron chi connectivity index (χ2n) is 9.53. The summed E-state index contributed by atoms with van der Waals surface area (Å²) in [5.74, 6) is 1.93.